The van der Waals surface area contributed by atoms with Crippen molar-refractivity contribution in [1.82, 2.24) is 5.32 Å². The standard InChI is InChI=1S/C13H23NO4/c1-3-4-6-10(11(15)16)14-12(17)13(2)7-5-8-18-9-13/h10H,3-9H2,1-2H3,(H,14,17)(H,15,16)/t10-,13?/m0/s1. The third kappa shape index (κ3) is 3.98. The molecule has 5 nitrogen and oxygen atoms in total. The molecule has 104 valence electrons. The van der Waals surface area contributed by atoms with Crippen LogP contribution in [0.25, 0.3) is 0 Å². The lowest BCUT2D eigenvalue weighted by molar-refractivity contribution is -0.146. The Kier molecular flexibility index (Phi) is 5.59. The Bertz CT molecular complexity index is 297. The lowest BCUT2D eigenvalue weighted by Gasteiger charge is -2.32. The molecule has 1 unspecified atom stereocenters. The summed E-state index contributed by atoms with van der Waals surface area (Å²) in [6.07, 6.45) is 3.79. The first kappa shape index (κ1) is 15.0. The molecule has 1 saturated heterocycles. The molecule has 1 amide bonds. The van der Waals surface area contributed by atoms with Gasteiger partial charge in [0.05, 0.1) is 12.0 Å². The number of carbonyl (C=O) groups excluding carboxylic acids is 1. The van der Waals surface area contributed by atoms with Crippen molar-refractivity contribution in [3.63, 3.8) is 0 Å². The largest absolute Gasteiger partial charge is 0.480 e. The molecule has 2 N–H and O–H groups in total. The van der Waals surface area contributed by atoms with Crippen molar-refractivity contribution in [3.05, 3.63) is 0 Å². The molecule has 0 saturated carbocycles. The van der Waals surface area contributed by atoms with Crippen molar-refractivity contribution in [2.75, 3.05) is 13.2 Å². The van der Waals surface area contributed by atoms with Crippen molar-refractivity contribution in [2.45, 2.75) is 52.0 Å². The summed E-state index contributed by atoms with van der Waals surface area (Å²) in [5.41, 5.74) is -0.585. The van der Waals surface area contributed by atoms with Crippen LogP contribution in [-0.4, -0.2) is 36.2 Å². The van der Waals surface area contributed by atoms with Crippen LogP contribution in [0.3, 0.4) is 0 Å². The van der Waals surface area contributed by atoms with E-state index in [1.807, 2.05) is 13.8 Å². The maximum absolute atomic E-state index is 12.1. The third-order valence-electron chi connectivity index (χ3n) is 3.44. The minimum absolute atomic E-state index is 0.203. The number of hydrogen-bond acceptors (Lipinski definition) is 3. The van der Waals surface area contributed by atoms with Crippen molar-refractivity contribution in [3.8, 4) is 0 Å². The van der Waals surface area contributed by atoms with E-state index in [0.29, 0.717) is 19.6 Å². The topological polar surface area (TPSA) is 75.6 Å². The molecule has 0 aliphatic carbocycles. The number of carboxylic acids is 1. The van der Waals surface area contributed by atoms with E-state index in [2.05, 4.69) is 5.32 Å². The molecule has 0 bridgehead atoms. The van der Waals surface area contributed by atoms with E-state index >= 15 is 0 Å². The zero-order chi connectivity index (χ0) is 13.6. The molecule has 0 spiro atoms. The normalized spacial score (nSPS) is 25.4. The predicted molar refractivity (Wildman–Crippen MR) is 67.3 cm³/mol. The predicted octanol–water partition coefficient (Wildman–Crippen LogP) is 1.56. The Hall–Kier alpha value is -1.10. The Morgan fingerprint density at radius 3 is 2.72 bits per heavy atom. The van der Waals surface area contributed by atoms with Crippen LogP contribution in [0.2, 0.25) is 0 Å². The second-order valence-corrected chi connectivity index (χ2v) is 5.22. The van der Waals surface area contributed by atoms with Gasteiger partial charge in [-0.05, 0) is 26.2 Å². The number of unbranched alkanes of at least 4 members (excludes halogenated alkanes) is 1. The van der Waals surface area contributed by atoms with Gasteiger partial charge in [0.15, 0.2) is 0 Å². The fourth-order valence-corrected chi connectivity index (χ4v) is 2.11. The van der Waals surface area contributed by atoms with Gasteiger partial charge in [0.1, 0.15) is 6.04 Å². The summed E-state index contributed by atoms with van der Waals surface area (Å²) in [6.45, 7) is 4.89. The number of ether oxygens (including phenoxy) is 1. The maximum atomic E-state index is 12.1. The molecule has 0 radical (unpaired) electrons. The molecule has 2 atom stereocenters. The summed E-state index contributed by atoms with van der Waals surface area (Å²) in [4.78, 5) is 23.2. The van der Waals surface area contributed by atoms with Crippen LogP contribution in [0.15, 0.2) is 0 Å². The molecule has 0 aromatic carbocycles. The SMILES string of the molecule is CCCC[C@H](NC(=O)C1(C)CCCOC1)C(=O)O. The molecule has 1 heterocycles. The minimum atomic E-state index is -0.961. The van der Waals surface area contributed by atoms with Crippen molar-refractivity contribution in [2.24, 2.45) is 5.41 Å². The molecule has 1 aliphatic heterocycles. The first-order valence-electron chi connectivity index (χ1n) is 6.61. The molecule has 1 fully saturated rings. The second-order valence-electron chi connectivity index (χ2n) is 5.22. The number of nitrogens with one attached hydrogen (secondary N) is 1. The van der Waals surface area contributed by atoms with Crippen LogP contribution in [0.1, 0.15) is 46.0 Å². The first-order chi connectivity index (χ1) is 8.49. The van der Waals surface area contributed by atoms with E-state index < -0.39 is 17.4 Å². The second kappa shape index (κ2) is 6.73. The van der Waals surface area contributed by atoms with Gasteiger partial charge >= 0.3 is 5.97 Å². The summed E-state index contributed by atoms with van der Waals surface area (Å²) in [7, 11) is 0. The van der Waals surface area contributed by atoms with Gasteiger partial charge in [-0.1, -0.05) is 19.8 Å². The quantitative estimate of drug-likeness (QED) is 0.757. The van der Waals surface area contributed by atoms with Crippen LogP contribution in [-0.2, 0) is 14.3 Å². The van der Waals surface area contributed by atoms with Crippen molar-refractivity contribution < 1.29 is 19.4 Å². The van der Waals surface area contributed by atoms with E-state index in [-0.39, 0.29) is 5.91 Å². The van der Waals surface area contributed by atoms with Crippen LogP contribution in [0.4, 0.5) is 0 Å². The lowest BCUT2D eigenvalue weighted by atomic mass is 9.83. The average Bonchev–Trinajstić information content (AvgIpc) is 2.34. The van der Waals surface area contributed by atoms with Gasteiger partial charge in [-0.15, -0.1) is 0 Å². The van der Waals surface area contributed by atoms with Gasteiger partial charge in [0.25, 0.3) is 0 Å². The van der Waals surface area contributed by atoms with E-state index in [9.17, 15) is 9.59 Å². The Morgan fingerprint density at radius 2 is 2.22 bits per heavy atom. The maximum Gasteiger partial charge on any atom is 0.326 e. The number of amides is 1. The van der Waals surface area contributed by atoms with E-state index in [4.69, 9.17) is 9.84 Å². The molecular weight excluding hydrogens is 234 g/mol. The highest BCUT2D eigenvalue weighted by Gasteiger charge is 2.37. The average molecular weight is 257 g/mol. The summed E-state index contributed by atoms with van der Waals surface area (Å²) in [5.74, 6) is -1.16. The Balaban J connectivity index is 2.56. The smallest absolute Gasteiger partial charge is 0.326 e. The number of carboxylic acid groups (broad SMARTS) is 1. The number of aliphatic carboxylic acids is 1. The van der Waals surface area contributed by atoms with Gasteiger partial charge < -0.3 is 15.2 Å². The lowest BCUT2D eigenvalue weighted by Crippen LogP contribution is -2.50. The molecule has 1 aliphatic rings. The van der Waals surface area contributed by atoms with Gasteiger partial charge in [-0.2, -0.15) is 0 Å². The fourth-order valence-electron chi connectivity index (χ4n) is 2.11. The highest BCUT2D eigenvalue weighted by Crippen LogP contribution is 2.28. The summed E-state index contributed by atoms with van der Waals surface area (Å²) < 4.78 is 5.32. The third-order valence-corrected chi connectivity index (χ3v) is 3.44. The fraction of sp³-hybridized carbons (Fsp3) is 0.846. The summed E-state index contributed by atoms with van der Waals surface area (Å²) >= 11 is 0. The summed E-state index contributed by atoms with van der Waals surface area (Å²) in [6, 6.07) is -0.781. The first-order valence-corrected chi connectivity index (χ1v) is 6.61. The highest BCUT2D eigenvalue weighted by molar-refractivity contribution is 5.87. The number of carbonyl (C=O) groups is 2. The van der Waals surface area contributed by atoms with Crippen LogP contribution < -0.4 is 5.32 Å². The van der Waals surface area contributed by atoms with Crippen LogP contribution >= 0.6 is 0 Å². The zero-order valence-electron chi connectivity index (χ0n) is 11.2. The van der Waals surface area contributed by atoms with Crippen molar-refractivity contribution in [1.29, 1.82) is 0 Å². The molecular formula is C13H23NO4. The Morgan fingerprint density at radius 1 is 1.50 bits per heavy atom. The highest BCUT2D eigenvalue weighted by atomic mass is 16.5. The molecule has 5 heteroatoms. The van der Waals surface area contributed by atoms with Crippen LogP contribution in [0.5, 0.6) is 0 Å². The van der Waals surface area contributed by atoms with Gasteiger partial charge in [-0.3, -0.25) is 4.79 Å². The summed E-state index contributed by atoms with van der Waals surface area (Å²) in [5, 5.41) is 11.7. The van der Waals surface area contributed by atoms with Gasteiger partial charge in [0, 0.05) is 6.61 Å². The van der Waals surface area contributed by atoms with E-state index in [1.165, 1.54) is 0 Å². The van der Waals surface area contributed by atoms with Gasteiger partial charge in [-0.25, -0.2) is 4.79 Å². The monoisotopic (exact) mass is 257 g/mol. The van der Waals surface area contributed by atoms with Crippen molar-refractivity contribution >= 4 is 11.9 Å². The zero-order valence-corrected chi connectivity index (χ0v) is 11.2. The molecule has 1 rings (SSSR count). The molecule has 0 aromatic heterocycles. The van der Waals surface area contributed by atoms with Crippen LogP contribution in [0, 0.1) is 5.41 Å². The van der Waals surface area contributed by atoms with Gasteiger partial charge in [0.2, 0.25) is 5.91 Å². The molecule has 18 heavy (non-hydrogen) atoms. The van der Waals surface area contributed by atoms with E-state index in [0.717, 1.165) is 25.7 Å². The number of rotatable bonds is 6. The number of hydrogen-bond donors (Lipinski definition) is 2. The minimum Gasteiger partial charge on any atom is -0.480 e. The van der Waals surface area contributed by atoms with E-state index in [1.54, 1.807) is 0 Å². The molecule has 0 aromatic rings. The Labute approximate surface area is 108 Å².